The van der Waals surface area contributed by atoms with Crippen molar-refractivity contribution in [3.8, 4) is 0 Å². The van der Waals surface area contributed by atoms with Crippen molar-refractivity contribution in [1.29, 1.82) is 0 Å². The van der Waals surface area contributed by atoms with Gasteiger partial charge in [-0.05, 0) is 60.7 Å². The molecule has 37 heavy (non-hydrogen) atoms. The van der Waals surface area contributed by atoms with Gasteiger partial charge in [-0.15, -0.1) is 0 Å². The van der Waals surface area contributed by atoms with Gasteiger partial charge in [0, 0.05) is 61.4 Å². The van der Waals surface area contributed by atoms with Crippen LogP contribution in [-0.4, -0.2) is 70.8 Å². The van der Waals surface area contributed by atoms with Crippen molar-refractivity contribution in [3.05, 3.63) is 64.7 Å². The fraction of sp³-hybridized carbons (Fsp3) is 0.429. The number of carbonyl (C=O) groups excluding carboxylic acids is 4. The lowest BCUT2D eigenvalue weighted by molar-refractivity contribution is -0.136. The van der Waals surface area contributed by atoms with Crippen LogP contribution in [-0.2, 0) is 22.7 Å². The maximum Gasteiger partial charge on any atom is 0.255 e. The molecule has 2 N–H and O–H groups in total. The van der Waals surface area contributed by atoms with Gasteiger partial charge in [-0.25, -0.2) is 0 Å². The van der Waals surface area contributed by atoms with Gasteiger partial charge in [0.15, 0.2) is 0 Å². The average molecular weight is 503 g/mol. The summed E-state index contributed by atoms with van der Waals surface area (Å²) < 4.78 is 0. The van der Waals surface area contributed by atoms with Crippen molar-refractivity contribution in [2.75, 3.05) is 31.1 Å². The Morgan fingerprint density at radius 1 is 1.05 bits per heavy atom. The fourth-order valence-corrected chi connectivity index (χ4v) is 6.19. The number of aliphatic hydroxyl groups excluding tert-OH is 1. The van der Waals surface area contributed by atoms with Gasteiger partial charge in [0.2, 0.25) is 11.8 Å². The summed E-state index contributed by atoms with van der Waals surface area (Å²) in [6.45, 7) is 3.57. The topological polar surface area (TPSA) is 110 Å². The van der Waals surface area contributed by atoms with E-state index >= 15 is 0 Å². The molecular weight excluding hydrogens is 472 g/mol. The standard InChI is InChI=1S/C28H30N4O5/c33-15-18-2-1-3-19(12-18)26(36)30-10-8-28(9-11-30)16-31(17-28)21-4-5-22-20(13-21)14-32(27(22)37)23-6-7-24(34)29-25(23)35/h1-5,12-13,23,33H,6-11,14-17H2,(H,29,34,35). The lowest BCUT2D eigenvalue weighted by Gasteiger charge is -2.55. The second-order valence-electron chi connectivity index (χ2n) is 10.7. The lowest BCUT2D eigenvalue weighted by atomic mass is 9.71. The van der Waals surface area contributed by atoms with E-state index in [4.69, 9.17) is 0 Å². The van der Waals surface area contributed by atoms with Crippen LogP contribution in [0.25, 0.3) is 0 Å². The van der Waals surface area contributed by atoms with Gasteiger partial charge < -0.3 is 19.8 Å². The molecular formula is C28H30N4O5. The smallest absolute Gasteiger partial charge is 0.255 e. The quantitative estimate of drug-likeness (QED) is 0.616. The monoisotopic (exact) mass is 502 g/mol. The van der Waals surface area contributed by atoms with Crippen molar-refractivity contribution >= 4 is 29.3 Å². The van der Waals surface area contributed by atoms with Crippen molar-refractivity contribution in [3.63, 3.8) is 0 Å². The molecule has 3 saturated heterocycles. The van der Waals surface area contributed by atoms with Crippen molar-refractivity contribution < 1.29 is 24.3 Å². The number of rotatable bonds is 4. The zero-order chi connectivity index (χ0) is 25.7. The van der Waals surface area contributed by atoms with Crippen LogP contribution in [0.1, 0.15) is 57.5 Å². The first-order chi connectivity index (χ1) is 17.9. The van der Waals surface area contributed by atoms with Crippen molar-refractivity contribution in [1.82, 2.24) is 15.1 Å². The largest absolute Gasteiger partial charge is 0.392 e. The third kappa shape index (κ3) is 4.17. The number of benzene rings is 2. The van der Waals surface area contributed by atoms with Crippen molar-refractivity contribution in [2.45, 2.75) is 44.9 Å². The van der Waals surface area contributed by atoms with E-state index in [0.29, 0.717) is 24.1 Å². The van der Waals surface area contributed by atoms with E-state index in [1.165, 1.54) is 0 Å². The van der Waals surface area contributed by atoms with Gasteiger partial charge in [-0.3, -0.25) is 24.5 Å². The number of likely N-dealkylation sites (tertiary alicyclic amines) is 1. The second kappa shape index (κ2) is 8.99. The Bertz CT molecular complexity index is 1290. The molecule has 0 aliphatic carbocycles. The van der Waals surface area contributed by atoms with E-state index in [1.54, 1.807) is 17.0 Å². The zero-order valence-corrected chi connectivity index (χ0v) is 20.6. The fourth-order valence-electron chi connectivity index (χ4n) is 6.19. The van der Waals surface area contributed by atoms with Gasteiger partial charge in [-0.1, -0.05) is 12.1 Å². The Morgan fingerprint density at radius 2 is 1.84 bits per heavy atom. The summed E-state index contributed by atoms with van der Waals surface area (Å²) in [5, 5.41) is 11.7. The molecule has 9 nitrogen and oxygen atoms in total. The highest BCUT2D eigenvalue weighted by Gasteiger charge is 2.46. The molecule has 192 valence electrons. The molecule has 2 aromatic rings. The molecule has 6 rings (SSSR count). The number of piperidine rings is 2. The minimum atomic E-state index is -0.604. The summed E-state index contributed by atoms with van der Waals surface area (Å²) >= 11 is 0. The number of imide groups is 1. The maximum absolute atomic E-state index is 13.0. The summed E-state index contributed by atoms with van der Waals surface area (Å²) in [5.74, 6) is -0.818. The number of carbonyl (C=O) groups is 4. The first-order valence-corrected chi connectivity index (χ1v) is 12.9. The van der Waals surface area contributed by atoms with Crippen LogP contribution in [0.5, 0.6) is 0 Å². The molecule has 0 saturated carbocycles. The highest BCUT2D eigenvalue weighted by atomic mass is 16.3. The van der Waals surface area contributed by atoms with E-state index in [9.17, 15) is 24.3 Å². The molecule has 0 bridgehead atoms. The summed E-state index contributed by atoms with van der Waals surface area (Å²) in [6.07, 6.45) is 2.50. The van der Waals surface area contributed by atoms with E-state index in [1.807, 2.05) is 29.2 Å². The number of nitrogens with one attached hydrogen (secondary N) is 1. The molecule has 3 fully saturated rings. The molecule has 0 radical (unpaired) electrons. The number of hydrogen-bond acceptors (Lipinski definition) is 6. The van der Waals surface area contributed by atoms with Crippen LogP contribution in [0.2, 0.25) is 0 Å². The minimum absolute atomic E-state index is 0.0187. The summed E-state index contributed by atoms with van der Waals surface area (Å²) in [7, 11) is 0. The molecule has 1 atom stereocenters. The number of amides is 4. The predicted molar refractivity (Wildman–Crippen MR) is 135 cm³/mol. The van der Waals surface area contributed by atoms with Crippen LogP contribution < -0.4 is 10.2 Å². The van der Waals surface area contributed by atoms with Gasteiger partial charge in [0.1, 0.15) is 6.04 Å². The third-order valence-corrected chi connectivity index (χ3v) is 8.39. The number of fused-ring (bicyclic) bond motifs is 1. The van der Waals surface area contributed by atoms with E-state index in [2.05, 4.69) is 16.3 Å². The SMILES string of the molecule is O=C1CCC(N2Cc3cc(N4CC5(CCN(C(=O)c6cccc(CO)c6)CC5)C4)ccc3C2=O)C(=O)N1. The number of hydrogen-bond donors (Lipinski definition) is 2. The highest BCUT2D eigenvalue weighted by Crippen LogP contribution is 2.43. The summed E-state index contributed by atoms with van der Waals surface area (Å²) in [4.78, 5) is 55.5. The molecule has 4 aliphatic rings. The van der Waals surface area contributed by atoms with Crippen LogP contribution in [0.3, 0.4) is 0 Å². The van der Waals surface area contributed by atoms with E-state index < -0.39 is 11.9 Å². The van der Waals surface area contributed by atoms with Crippen LogP contribution in [0.4, 0.5) is 5.69 Å². The zero-order valence-electron chi connectivity index (χ0n) is 20.6. The molecule has 4 heterocycles. The first-order valence-electron chi connectivity index (χ1n) is 12.9. The van der Waals surface area contributed by atoms with E-state index in [-0.39, 0.29) is 36.2 Å². The molecule has 1 unspecified atom stereocenters. The Labute approximate surface area is 215 Å². The van der Waals surface area contributed by atoms with Gasteiger partial charge >= 0.3 is 0 Å². The molecule has 1 spiro atoms. The molecule has 4 aliphatic heterocycles. The Hall–Kier alpha value is -3.72. The van der Waals surface area contributed by atoms with E-state index in [0.717, 1.165) is 55.8 Å². The second-order valence-corrected chi connectivity index (χ2v) is 10.7. The normalized spacial score (nSPS) is 22.7. The van der Waals surface area contributed by atoms with Gasteiger partial charge in [0.25, 0.3) is 11.8 Å². The number of nitrogens with zero attached hydrogens (tertiary/aromatic N) is 3. The molecule has 0 aromatic heterocycles. The Balaban J connectivity index is 1.07. The maximum atomic E-state index is 13.0. The Morgan fingerprint density at radius 3 is 2.57 bits per heavy atom. The predicted octanol–water partition coefficient (Wildman–Crippen LogP) is 1.68. The summed E-state index contributed by atoms with van der Waals surface area (Å²) in [5.41, 5.74) is 4.17. The molecule has 9 heteroatoms. The van der Waals surface area contributed by atoms with Gasteiger partial charge in [0.05, 0.1) is 6.61 Å². The van der Waals surface area contributed by atoms with Crippen molar-refractivity contribution in [2.24, 2.45) is 5.41 Å². The summed E-state index contributed by atoms with van der Waals surface area (Å²) in [6, 6.07) is 12.5. The lowest BCUT2D eigenvalue weighted by Crippen LogP contribution is -2.61. The van der Waals surface area contributed by atoms with Crippen LogP contribution in [0, 0.1) is 5.41 Å². The molecule has 4 amide bonds. The van der Waals surface area contributed by atoms with Crippen LogP contribution >= 0.6 is 0 Å². The van der Waals surface area contributed by atoms with Gasteiger partial charge in [-0.2, -0.15) is 0 Å². The average Bonchev–Trinajstić information content (AvgIpc) is 3.22. The highest BCUT2D eigenvalue weighted by molar-refractivity contribution is 6.05. The molecule has 2 aromatic carbocycles. The first kappa shape index (κ1) is 23.7. The third-order valence-electron chi connectivity index (χ3n) is 8.39. The van der Waals surface area contributed by atoms with Crippen LogP contribution in [0.15, 0.2) is 42.5 Å². The minimum Gasteiger partial charge on any atom is -0.392 e. The number of aliphatic hydroxyl groups is 1. The number of anilines is 1. The Kier molecular flexibility index (Phi) is 5.75.